The summed E-state index contributed by atoms with van der Waals surface area (Å²) in [6.45, 7) is 0. The van der Waals surface area contributed by atoms with Gasteiger partial charge in [0.15, 0.2) is 0 Å². The summed E-state index contributed by atoms with van der Waals surface area (Å²) >= 11 is 0. The second-order valence-electron chi connectivity index (χ2n) is 6.88. The van der Waals surface area contributed by atoms with Gasteiger partial charge in [0.1, 0.15) is 11.4 Å². The summed E-state index contributed by atoms with van der Waals surface area (Å²) in [5.41, 5.74) is 9.26. The standard InChI is InChI=1S/C19H21N5/c1-3-8-14-12(6-1)18(23-21-14)16-10-5-11-17(20-16)19-13-7-2-4-9-15(13)22-24-19/h5,10-11H,1-4,6-9H2,(H,21,23)(H,22,24). The molecule has 3 aromatic rings. The van der Waals surface area contributed by atoms with Gasteiger partial charge >= 0.3 is 0 Å². The van der Waals surface area contributed by atoms with E-state index in [0.29, 0.717) is 0 Å². The summed E-state index contributed by atoms with van der Waals surface area (Å²) in [4.78, 5) is 4.91. The molecule has 0 fully saturated rings. The van der Waals surface area contributed by atoms with Crippen molar-refractivity contribution in [2.45, 2.75) is 51.4 Å². The molecule has 0 atom stereocenters. The van der Waals surface area contributed by atoms with E-state index in [0.717, 1.165) is 48.5 Å². The highest BCUT2D eigenvalue weighted by molar-refractivity contribution is 5.67. The molecule has 0 radical (unpaired) electrons. The molecular formula is C19H21N5. The fourth-order valence-electron chi connectivity index (χ4n) is 4.08. The van der Waals surface area contributed by atoms with Crippen molar-refractivity contribution in [2.75, 3.05) is 0 Å². The Morgan fingerprint density at radius 3 is 1.71 bits per heavy atom. The van der Waals surface area contributed by atoms with E-state index in [-0.39, 0.29) is 0 Å². The van der Waals surface area contributed by atoms with Gasteiger partial charge < -0.3 is 0 Å². The summed E-state index contributed by atoms with van der Waals surface area (Å²) in [6.07, 6.45) is 9.40. The van der Waals surface area contributed by atoms with Crippen molar-refractivity contribution < 1.29 is 0 Å². The van der Waals surface area contributed by atoms with Crippen molar-refractivity contribution in [3.8, 4) is 22.8 Å². The Labute approximate surface area is 140 Å². The van der Waals surface area contributed by atoms with E-state index >= 15 is 0 Å². The molecule has 0 saturated carbocycles. The van der Waals surface area contributed by atoms with Crippen LogP contribution in [0.25, 0.3) is 22.8 Å². The Morgan fingerprint density at radius 1 is 0.667 bits per heavy atom. The van der Waals surface area contributed by atoms with Gasteiger partial charge in [-0.25, -0.2) is 4.98 Å². The van der Waals surface area contributed by atoms with E-state index in [4.69, 9.17) is 4.98 Å². The Morgan fingerprint density at radius 2 is 1.17 bits per heavy atom. The average Bonchev–Trinajstić information content (AvgIpc) is 3.26. The summed E-state index contributed by atoms with van der Waals surface area (Å²) in [6, 6.07) is 6.20. The molecule has 2 aliphatic carbocycles. The molecule has 3 aromatic heterocycles. The molecule has 0 aliphatic heterocycles. The molecule has 3 heterocycles. The third-order valence-corrected chi connectivity index (χ3v) is 5.35. The molecule has 5 heteroatoms. The number of pyridine rings is 1. The SMILES string of the molecule is c1cc(-c2n[nH]c3c2CCCC3)nc(-c2n[nH]c3c2CCCC3)c1. The Hall–Kier alpha value is -2.43. The van der Waals surface area contributed by atoms with Gasteiger partial charge in [-0.1, -0.05) is 6.07 Å². The van der Waals surface area contributed by atoms with Crippen LogP contribution in [0.1, 0.15) is 48.2 Å². The van der Waals surface area contributed by atoms with Crippen LogP contribution in [-0.4, -0.2) is 25.4 Å². The lowest BCUT2D eigenvalue weighted by Gasteiger charge is -2.12. The predicted octanol–water partition coefficient (Wildman–Crippen LogP) is 3.62. The molecule has 5 nitrogen and oxygen atoms in total. The van der Waals surface area contributed by atoms with Crippen LogP contribution in [0.5, 0.6) is 0 Å². The molecule has 0 spiro atoms. The zero-order valence-corrected chi connectivity index (χ0v) is 13.7. The van der Waals surface area contributed by atoms with Crippen molar-refractivity contribution >= 4 is 0 Å². The highest BCUT2D eigenvalue weighted by Gasteiger charge is 2.21. The smallest absolute Gasteiger partial charge is 0.114 e. The molecule has 2 N–H and O–H groups in total. The van der Waals surface area contributed by atoms with E-state index in [1.807, 2.05) is 0 Å². The molecule has 2 aliphatic rings. The van der Waals surface area contributed by atoms with Crippen LogP contribution in [0.15, 0.2) is 18.2 Å². The topological polar surface area (TPSA) is 70.2 Å². The minimum Gasteiger partial charge on any atom is -0.282 e. The first-order valence-corrected chi connectivity index (χ1v) is 9.00. The number of aromatic nitrogens is 5. The third kappa shape index (κ3) is 2.19. The Balaban J connectivity index is 1.58. The van der Waals surface area contributed by atoms with Gasteiger partial charge in [0.25, 0.3) is 0 Å². The molecule has 122 valence electrons. The second-order valence-corrected chi connectivity index (χ2v) is 6.88. The number of nitrogens with zero attached hydrogens (tertiary/aromatic N) is 3. The van der Waals surface area contributed by atoms with Crippen molar-refractivity contribution in [2.24, 2.45) is 0 Å². The first-order valence-electron chi connectivity index (χ1n) is 9.00. The van der Waals surface area contributed by atoms with E-state index in [1.165, 1.54) is 48.2 Å². The zero-order valence-electron chi connectivity index (χ0n) is 13.7. The first kappa shape index (κ1) is 14.0. The van der Waals surface area contributed by atoms with Crippen molar-refractivity contribution in [1.29, 1.82) is 0 Å². The summed E-state index contributed by atoms with van der Waals surface area (Å²) in [5, 5.41) is 15.6. The number of hydrogen-bond acceptors (Lipinski definition) is 3. The van der Waals surface area contributed by atoms with Gasteiger partial charge in [0, 0.05) is 22.5 Å². The highest BCUT2D eigenvalue weighted by Crippen LogP contribution is 2.32. The lowest BCUT2D eigenvalue weighted by Crippen LogP contribution is -2.02. The number of aromatic amines is 2. The second kappa shape index (κ2) is 5.58. The number of aryl methyl sites for hydroxylation is 2. The molecule has 5 rings (SSSR count). The lowest BCUT2D eigenvalue weighted by atomic mass is 9.94. The zero-order chi connectivity index (χ0) is 15.9. The number of hydrogen-bond donors (Lipinski definition) is 2. The maximum Gasteiger partial charge on any atom is 0.114 e. The summed E-state index contributed by atoms with van der Waals surface area (Å²) in [5.74, 6) is 0. The molecular weight excluding hydrogens is 298 g/mol. The van der Waals surface area contributed by atoms with Crippen molar-refractivity contribution in [3.05, 3.63) is 40.7 Å². The van der Waals surface area contributed by atoms with Crippen LogP contribution in [0.2, 0.25) is 0 Å². The minimum absolute atomic E-state index is 0.958. The summed E-state index contributed by atoms with van der Waals surface area (Å²) < 4.78 is 0. The van der Waals surface area contributed by atoms with Crippen LogP contribution in [0.4, 0.5) is 0 Å². The normalized spacial score (nSPS) is 16.7. The fraction of sp³-hybridized carbons (Fsp3) is 0.421. The van der Waals surface area contributed by atoms with Gasteiger partial charge in [0.05, 0.1) is 11.4 Å². The Bertz CT molecular complexity index is 820. The average molecular weight is 319 g/mol. The lowest BCUT2D eigenvalue weighted by molar-refractivity contribution is 0.675. The van der Waals surface area contributed by atoms with Crippen LogP contribution in [0.3, 0.4) is 0 Å². The molecule has 24 heavy (non-hydrogen) atoms. The van der Waals surface area contributed by atoms with Crippen LogP contribution < -0.4 is 0 Å². The van der Waals surface area contributed by atoms with Crippen molar-refractivity contribution in [3.63, 3.8) is 0 Å². The van der Waals surface area contributed by atoms with Gasteiger partial charge in [-0.3, -0.25) is 10.2 Å². The van der Waals surface area contributed by atoms with Crippen LogP contribution >= 0.6 is 0 Å². The van der Waals surface area contributed by atoms with Gasteiger partial charge in [-0.15, -0.1) is 0 Å². The first-order chi connectivity index (χ1) is 11.9. The molecule has 0 bridgehead atoms. The highest BCUT2D eigenvalue weighted by atomic mass is 15.1. The Kier molecular flexibility index (Phi) is 3.25. The van der Waals surface area contributed by atoms with E-state index in [1.54, 1.807) is 0 Å². The van der Waals surface area contributed by atoms with Crippen molar-refractivity contribution in [1.82, 2.24) is 25.4 Å². The molecule has 0 unspecified atom stereocenters. The largest absolute Gasteiger partial charge is 0.282 e. The van der Waals surface area contributed by atoms with Crippen LogP contribution in [-0.2, 0) is 25.7 Å². The number of rotatable bonds is 2. The summed E-state index contributed by atoms with van der Waals surface area (Å²) in [7, 11) is 0. The monoisotopic (exact) mass is 319 g/mol. The van der Waals surface area contributed by atoms with Gasteiger partial charge in [0.2, 0.25) is 0 Å². The predicted molar refractivity (Wildman–Crippen MR) is 92.7 cm³/mol. The molecule has 0 amide bonds. The van der Waals surface area contributed by atoms with E-state index in [9.17, 15) is 0 Å². The maximum absolute atomic E-state index is 4.91. The molecule has 0 aromatic carbocycles. The number of fused-ring (bicyclic) bond motifs is 2. The van der Waals surface area contributed by atoms with Crippen LogP contribution in [0, 0.1) is 0 Å². The fourth-order valence-corrected chi connectivity index (χ4v) is 4.08. The van der Waals surface area contributed by atoms with E-state index in [2.05, 4.69) is 38.6 Å². The minimum atomic E-state index is 0.958. The third-order valence-electron chi connectivity index (χ3n) is 5.35. The molecule has 0 saturated heterocycles. The number of nitrogens with one attached hydrogen (secondary N) is 2. The maximum atomic E-state index is 4.91. The van der Waals surface area contributed by atoms with E-state index < -0.39 is 0 Å². The van der Waals surface area contributed by atoms with Gasteiger partial charge in [-0.05, 0) is 63.5 Å². The number of H-pyrrole nitrogens is 2. The quantitative estimate of drug-likeness (QED) is 0.758. The van der Waals surface area contributed by atoms with Gasteiger partial charge in [-0.2, -0.15) is 10.2 Å².